The topological polar surface area (TPSA) is 94.3 Å². The predicted octanol–water partition coefficient (Wildman–Crippen LogP) is 6.17. The number of H-pyrrole nitrogens is 1. The van der Waals surface area contributed by atoms with Gasteiger partial charge in [0.05, 0.1) is 16.6 Å². The zero-order valence-corrected chi connectivity index (χ0v) is 18.1. The van der Waals surface area contributed by atoms with Crippen molar-refractivity contribution in [2.24, 2.45) is 0 Å². The summed E-state index contributed by atoms with van der Waals surface area (Å²) in [7, 11) is 0. The van der Waals surface area contributed by atoms with E-state index in [2.05, 4.69) is 22.1 Å². The predicted molar refractivity (Wildman–Crippen MR) is 127 cm³/mol. The lowest BCUT2D eigenvalue weighted by Gasteiger charge is -2.06. The minimum Gasteiger partial charge on any atom is -0.438 e. The molecule has 158 valence electrons. The van der Waals surface area contributed by atoms with E-state index in [4.69, 9.17) is 4.42 Å². The van der Waals surface area contributed by atoms with Gasteiger partial charge in [-0.3, -0.25) is 4.57 Å². The van der Waals surface area contributed by atoms with Crippen LogP contribution in [-0.4, -0.2) is 14.5 Å². The Morgan fingerprint density at radius 3 is 2.52 bits per heavy atom. The number of benzene rings is 2. The molecule has 1 N–H and O–H groups in total. The van der Waals surface area contributed by atoms with Gasteiger partial charge in [0, 0.05) is 23.0 Å². The lowest BCUT2D eigenvalue weighted by molar-refractivity contribution is 0.545. The van der Waals surface area contributed by atoms with Crippen LogP contribution in [0.5, 0.6) is 0 Å². The minimum atomic E-state index is 0.427. The van der Waals surface area contributed by atoms with Crippen molar-refractivity contribution in [3.05, 3.63) is 95.1 Å². The van der Waals surface area contributed by atoms with Crippen molar-refractivity contribution >= 4 is 22.7 Å². The molecule has 0 amide bonds. The van der Waals surface area contributed by atoms with E-state index in [1.807, 2.05) is 85.2 Å². The normalized spacial score (nSPS) is 11.5. The SMILES string of the molecule is Cc1cc(C=C(C#N)c2nc3ccccc3[nH]2)c(C)n1-c1oc(-c2ccccc2)cc1C#N. The van der Waals surface area contributed by atoms with Crippen LogP contribution in [0.15, 0.2) is 71.1 Å². The Hall–Kier alpha value is -4.81. The third-order valence-corrected chi connectivity index (χ3v) is 5.63. The second-order valence-electron chi connectivity index (χ2n) is 7.74. The van der Waals surface area contributed by atoms with Gasteiger partial charge in [-0.2, -0.15) is 10.5 Å². The fraction of sp³-hybridized carbons (Fsp3) is 0.0741. The maximum Gasteiger partial charge on any atom is 0.222 e. The second kappa shape index (κ2) is 8.03. The molecule has 0 aliphatic heterocycles. The Morgan fingerprint density at radius 1 is 1.03 bits per heavy atom. The number of hydrogen-bond acceptors (Lipinski definition) is 4. The summed E-state index contributed by atoms with van der Waals surface area (Å²) in [5.41, 5.74) is 6.07. The van der Waals surface area contributed by atoms with E-state index in [9.17, 15) is 10.5 Å². The molecule has 0 atom stereocenters. The van der Waals surface area contributed by atoms with Crippen LogP contribution in [0.4, 0.5) is 0 Å². The van der Waals surface area contributed by atoms with Crippen molar-refractivity contribution < 1.29 is 4.42 Å². The number of nitrogens with zero attached hydrogens (tertiary/aromatic N) is 4. The molecule has 0 aliphatic carbocycles. The van der Waals surface area contributed by atoms with Gasteiger partial charge in [0.2, 0.25) is 5.88 Å². The van der Waals surface area contributed by atoms with Gasteiger partial charge in [0.15, 0.2) is 0 Å². The Labute approximate surface area is 190 Å². The van der Waals surface area contributed by atoms with Crippen LogP contribution in [0.2, 0.25) is 0 Å². The van der Waals surface area contributed by atoms with E-state index in [-0.39, 0.29) is 0 Å². The third-order valence-electron chi connectivity index (χ3n) is 5.63. The lowest BCUT2D eigenvalue weighted by atomic mass is 10.1. The van der Waals surface area contributed by atoms with E-state index in [0.717, 1.165) is 33.5 Å². The van der Waals surface area contributed by atoms with Crippen LogP contribution in [0, 0.1) is 36.5 Å². The molecule has 3 heterocycles. The van der Waals surface area contributed by atoms with Crippen LogP contribution in [-0.2, 0) is 0 Å². The zero-order valence-electron chi connectivity index (χ0n) is 18.1. The van der Waals surface area contributed by atoms with Gasteiger partial charge in [0.25, 0.3) is 0 Å². The number of hydrogen-bond donors (Lipinski definition) is 1. The Balaban J connectivity index is 1.60. The Bertz CT molecular complexity index is 1570. The fourth-order valence-corrected chi connectivity index (χ4v) is 4.01. The molecule has 5 aromatic rings. The summed E-state index contributed by atoms with van der Waals surface area (Å²) in [5.74, 6) is 1.62. The van der Waals surface area contributed by atoms with Crippen LogP contribution in [0.25, 0.3) is 39.9 Å². The molecule has 6 nitrogen and oxygen atoms in total. The van der Waals surface area contributed by atoms with Crippen molar-refractivity contribution in [2.75, 3.05) is 0 Å². The number of aromatic nitrogens is 3. The van der Waals surface area contributed by atoms with Crippen molar-refractivity contribution in [3.63, 3.8) is 0 Å². The Morgan fingerprint density at radius 2 is 1.79 bits per heavy atom. The van der Waals surface area contributed by atoms with Gasteiger partial charge in [-0.25, -0.2) is 4.98 Å². The Kier molecular flexibility index (Phi) is 4.89. The summed E-state index contributed by atoms with van der Waals surface area (Å²) in [5, 5.41) is 19.6. The fourth-order valence-electron chi connectivity index (χ4n) is 4.01. The third kappa shape index (κ3) is 3.50. The molecule has 0 fully saturated rings. The van der Waals surface area contributed by atoms with Gasteiger partial charge >= 0.3 is 0 Å². The highest BCUT2D eigenvalue weighted by atomic mass is 16.4. The molecule has 0 unspecified atom stereocenters. The average Bonchev–Trinajstić information content (AvgIpc) is 3.53. The monoisotopic (exact) mass is 429 g/mol. The number of imidazole rings is 1. The van der Waals surface area contributed by atoms with E-state index in [0.29, 0.717) is 28.6 Å². The molecule has 0 bridgehead atoms. The summed E-state index contributed by atoms with van der Waals surface area (Å²) in [6.45, 7) is 3.89. The van der Waals surface area contributed by atoms with Gasteiger partial charge in [-0.15, -0.1) is 0 Å². The maximum atomic E-state index is 9.81. The highest BCUT2D eigenvalue weighted by molar-refractivity contribution is 5.90. The molecule has 0 saturated heterocycles. The number of aromatic amines is 1. The van der Waals surface area contributed by atoms with Crippen molar-refractivity contribution in [1.29, 1.82) is 10.5 Å². The number of allylic oxidation sites excluding steroid dienone is 1. The van der Waals surface area contributed by atoms with Gasteiger partial charge < -0.3 is 9.40 Å². The molecular formula is C27H19N5O. The summed E-state index contributed by atoms with van der Waals surface area (Å²) < 4.78 is 8.05. The molecule has 33 heavy (non-hydrogen) atoms. The number of para-hydroxylation sites is 2. The second-order valence-corrected chi connectivity index (χ2v) is 7.74. The first kappa shape index (κ1) is 20.1. The van der Waals surface area contributed by atoms with Gasteiger partial charge in [-0.1, -0.05) is 42.5 Å². The first-order valence-electron chi connectivity index (χ1n) is 10.4. The molecule has 0 saturated carbocycles. The van der Waals surface area contributed by atoms with Crippen molar-refractivity contribution in [1.82, 2.24) is 14.5 Å². The number of nitriles is 2. The molecule has 0 spiro atoms. The number of fused-ring (bicyclic) bond motifs is 1. The first-order chi connectivity index (χ1) is 16.1. The smallest absolute Gasteiger partial charge is 0.222 e. The molecule has 0 aliphatic rings. The van der Waals surface area contributed by atoms with E-state index < -0.39 is 0 Å². The zero-order chi connectivity index (χ0) is 22.9. The standard InChI is InChI=1S/C27H19N5O/c1-17-12-20(13-21(15-28)26-30-23-10-6-7-11-24(23)31-26)18(2)32(17)27-22(16-29)14-25(33-27)19-8-4-3-5-9-19/h3-14H,1-2H3,(H,30,31). The van der Waals surface area contributed by atoms with Gasteiger partial charge in [0.1, 0.15) is 29.3 Å². The van der Waals surface area contributed by atoms with Gasteiger partial charge in [-0.05, 0) is 43.7 Å². The average molecular weight is 429 g/mol. The van der Waals surface area contributed by atoms with Crippen LogP contribution < -0.4 is 0 Å². The van der Waals surface area contributed by atoms with E-state index >= 15 is 0 Å². The number of aryl methyl sites for hydroxylation is 1. The largest absolute Gasteiger partial charge is 0.438 e. The highest BCUT2D eigenvalue weighted by Crippen LogP contribution is 2.32. The van der Waals surface area contributed by atoms with Crippen LogP contribution in [0.1, 0.15) is 28.3 Å². The number of rotatable bonds is 4. The lowest BCUT2D eigenvalue weighted by Crippen LogP contribution is -1.99. The minimum absolute atomic E-state index is 0.427. The van der Waals surface area contributed by atoms with Crippen molar-refractivity contribution in [2.45, 2.75) is 13.8 Å². The molecular weight excluding hydrogens is 410 g/mol. The molecule has 3 aromatic heterocycles. The molecule has 0 radical (unpaired) electrons. The van der Waals surface area contributed by atoms with E-state index in [1.54, 1.807) is 6.07 Å². The summed E-state index contributed by atoms with van der Waals surface area (Å²) in [6.07, 6.45) is 1.81. The molecule has 2 aromatic carbocycles. The van der Waals surface area contributed by atoms with Crippen molar-refractivity contribution in [3.8, 4) is 29.3 Å². The number of furan rings is 1. The highest BCUT2D eigenvalue weighted by Gasteiger charge is 2.19. The quantitative estimate of drug-likeness (QED) is 0.346. The summed E-state index contributed by atoms with van der Waals surface area (Å²) in [6, 6.07) is 25.6. The maximum absolute atomic E-state index is 9.81. The van der Waals surface area contributed by atoms with E-state index in [1.165, 1.54) is 0 Å². The first-order valence-corrected chi connectivity index (χ1v) is 10.4. The van der Waals surface area contributed by atoms with Crippen LogP contribution >= 0.6 is 0 Å². The number of nitrogens with one attached hydrogen (secondary N) is 1. The molecule has 5 rings (SSSR count). The summed E-state index contributed by atoms with van der Waals surface area (Å²) in [4.78, 5) is 7.76. The summed E-state index contributed by atoms with van der Waals surface area (Å²) >= 11 is 0. The molecule has 6 heteroatoms. The van der Waals surface area contributed by atoms with Crippen LogP contribution in [0.3, 0.4) is 0 Å².